The summed E-state index contributed by atoms with van der Waals surface area (Å²) in [4.78, 5) is 15.7. The lowest BCUT2D eigenvalue weighted by Crippen LogP contribution is -2.12. The van der Waals surface area contributed by atoms with Crippen molar-refractivity contribution in [2.75, 3.05) is 11.1 Å². The lowest BCUT2D eigenvalue weighted by atomic mass is 10.4. The van der Waals surface area contributed by atoms with Gasteiger partial charge >= 0.3 is 0 Å². The Kier molecular flexibility index (Phi) is 3.49. The van der Waals surface area contributed by atoms with Gasteiger partial charge in [0.1, 0.15) is 5.82 Å². The number of carbonyl (C=O) groups excluding carboxylic acids is 1. The number of hydrogen-bond donors (Lipinski definition) is 2. The molecule has 0 aliphatic carbocycles. The fourth-order valence-electron chi connectivity index (χ4n) is 1.15. The lowest BCUT2D eigenvalue weighted by Gasteiger charge is -2.05. The van der Waals surface area contributed by atoms with E-state index in [2.05, 4.69) is 42.2 Å². The van der Waals surface area contributed by atoms with Crippen LogP contribution in [0.1, 0.15) is 10.6 Å². The van der Waals surface area contributed by atoms with E-state index in [1.165, 1.54) is 6.20 Å². The van der Waals surface area contributed by atoms with Crippen LogP contribution < -0.4 is 11.1 Å². The smallest absolute Gasteiger partial charge is 0.292 e. The zero-order valence-electron chi connectivity index (χ0n) is 8.41. The number of aromatic nitrogens is 1. The number of rotatable bonds is 2. The van der Waals surface area contributed by atoms with Gasteiger partial charge in [-0.05, 0) is 50.1 Å². The highest BCUT2D eigenvalue weighted by Crippen LogP contribution is 2.23. The number of carbonyl (C=O) groups is 1. The Bertz CT molecular complexity index is 568. The third-order valence-electron chi connectivity index (χ3n) is 1.89. The van der Waals surface area contributed by atoms with Gasteiger partial charge in [0.05, 0.1) is 16.4 Å². The average Bonchev–Trinajstić information content (AvgIpc) is 2.69. The molecule has 0 radical (unpaired) electrons. The van der Waals surface area contributed by atoms with E-state index >= 15 is 0 Å². The number of anilines is 2. The van der Waals surface area contributed by atoms with Gasteiger partial charge in [0.15, 0.2) is 10.4 Å². The topological polar surface area (TPSA) is 81.1 Å². The maximum absolute atomic E-state index is 11.7. The van der Waals surface area contributed by atoms with E-state index in [1.54, 1.807) is 18.2 Å². The Labute approximate surface area is 114 Å². The van der Waals surface area contributed by atoms with Gasteiger partial charge in [-0.25, -0.2) is 4.98 Å². The van der Waals surface area contributed by atoms with Gasteiger partial charge in [-0.2, -0.15) is 0 Å². The molecule has 5 nitrogen and oxygen atoms in total. The van der Waals surface area contributed by atoms with Crippen molar-refractivity contribution < 1.29 is 9.21 Å². The Morgan fingerprint density at radius 1 is 1.41 bits per heavy atom. The molecule has 2 rings (SSSR count). The average molecular weight is 361 g/mol. The molecule has 2 heterocycles. The summed E-state index contributed by atoms with van der Waals surface area (Å²) in [6.45, 7) is 0. The summed E-state index contributed by atoms with van der Waals surface area (Å²) in [6, 6.07) is 4.85. The Hall–Kier alpha value is -1.34. The fraction of sp³-hybridized carbons (Fsp3) is 0. The number of nitrogens with zero attached hydrogens (tertiary/aromatic N) is 1. The predicted octanol–water partition coefficient (Wildman–Crippen LogP) is 3.03. The number of halogens is 2. The first-order valence-corrected chi connectivity index (χ1v) is 6.12. The molecule has 88 valence electrons. The van der Waals surface area contributed by atoms with Crippen molar-refractivity contribution in [1.82, 2.24) is 4.98 Å². The summed E-state index contributed by atoms with van der Waals surface area (Å²) in [5.41, 5.74) is 6.05. The number of furan rings is 1. The molecular weight excluding hydrogens is 354 g/mol. The molecule has 1 amide bonds. The molecule has 0 aromatic carbocycles. The van der Waals surface area contributed by atoms with E-state index < -0.39 is 0 Å². The van der Waals surface area contributed by atoms with Gasteiger partial charge in [0.2, 0.25) is 0 Å². The SMILES string of the molecule is Nc1cnc(NC(=O)c2ccc(Br)o2)c(Br)c1. The summed E-state index contributed by atoms with van der Waals surface area (Å²) >= 11 is 6.38. The first-order valence-electron chi connectivity index (χ1n) is 4.54. The maximum atomic E-state index is 11.7. The molecule has 0 fully saturated rings. The van der Waals surface area contributed by atoms with Crippen LogP contribution in [0.5, 0.6) is 0 Å². The van der Waals surface area contributed by atoms with Gasteiger partial charge in [-0.15, -0.1) is 0 Å². The van der Waals surface area contributed by atoms with E-state index in [-0.39, 0.29) is 11.7 Å². The normalized spacial score (nSPS) is 10.2. The number of nitrogen functional groups attached to an aromatic ring is 1. The molecule has 0 unspecified atom stereocenters. The van der Waals surface area contributed by atoms with Crippen LogP contribution >= 0.6 is 31.9 Å². The van der Waals surface area contributed by atoms with Gasteiger partial charge in [-0.1, -0.05) is 0 Å². The summed E-state index contributed by atoms with van der Waals surface area (Å²) in [5.74, 6) is 0.202. The minimum Gasteiger partial charge on any atom is -0.444 e. The van der Waals surface area contributed by atoms with Crippen molar-refractivity contribution in [2.24, 2.45) is 0 Å². The third kappa shape index (κ3) is 2.86. The lowest BCUT2D eigenvalue weighted by molar-refractivity contribution is 0.0995. The highest BCUT2D eigenvalue weighted by atomic mass is 79.9. The highest BCUT2D eigenvalue weighted by molar-refractivity contribution is 9.10. The molecule has 3 N–H and O–H groups in total. The molecule has 0 aliphatic heterocycles. The van der Waals surface area contributed by atoms with Gasteiger partial charge < -0.3 is 15.5 Å². The van der Waals surface area contributed by atoms with Crippen LogP contribution in [-0.2, 0) is 0 Å². The van der Waals surface area contributed by atoms with Gasteiger partial charge in [0, 0.05) is 0 Å². The second kappa shape index (κ2) is 4.89. The molecule has 17 heavy (non-hydrogen) atoms. The number of pyridine rings is 1. The quantitative estimate of drug-likeness (QED) is 0.862. The standard InChI is InChI=1S/C10H7Br2N3O2/c11-6-3-5(13)4-14-9(6)15-10(16)7-1-2-8(12)17-7/h1-4H,13H2,(H,14,15,16). The number of nitrogens with one attached hydrogen (secondary N) is 1. The Balaban J connectivity index is 2.18. The largest absolute Gasteiger partial charge is 0.444 e. The van der Waals surface area contributed by atoms with Gasteiger partial charge in [0.25, 0.3) is 5.91 Å². The first-order chi connectivity index (χ1) is 8.06. The first kappa shape index (κ1) is 12.1. The third-order valence-corrected chi connectivity index (χ3v) is 2.92. The second-order valence-electron chi connectivity index (χ2n) is 3.16. The minimum absolute atomic E-state index is 0.197. The number of amides is 1. The van der Waals surface area contributed by atoms with E-state index in [9.17, 15) is 4.79 Å². The van der Waals surface area contributed by atoms with Crippen molar-refractivity contribution in [3.05, 3.63) is 39.3 Å². The summed E-state index contributed by atoms with van der Waals surface area (Å²) in [7, 11) is 0. The molecule has 0 spiro atoms. The maximum Gasteiger partial charge on any atom is 0.292 e. The zero-order chi connectivity index (χ0) is 12.4. The van der Waals surface area contributed by atoms with Crippen LogP contribution in [0.15, 0.2) is 38.0 Å². The van der Waals surface area contributed by atoms with E-state index in [4.69, 9.17) is 10.2 Å². The fourth-order valence-corrected chi connectivity index (χ4v) is 1.92. The summed E-state index contributed by atoms with van der Waals surface area (Å²) in [5, 5.41) is 2.60. The Morgan fingerprint density at radius 3 is 2.76 bits per heavy atom. The van der Waals surface area contributed by atoms with Crippen LogP contribution in [0.3, 0.4) is 0 Å². The molecule has 0 bridgehead atoms. The van der Waals surface area contributed by atoms with E-state index in [0.29, 0.717) is 20.6 Å². The highest BCUT2D eigenvalue weighted by Gasteiger charge is 2.13. The van der Waals surface area contributed by atoms with Crippen molar-refractivity contribution in [2.45, 2.75) is 0 Å². The molecule has 0 saturated carbocycles. The summed E-state index contributed by atoms with van der Waals surface area (Å²) < 4.78 is 6.22. The van der Waals surface area contributed by atoms with Crippen molar-refractivity contribution >= 4 is 49.3 Å². The van der Waals surface area contributed by atoms with Crippen molar-refractivity contribution in [1.29, 1.82) is 0 Å². The van der Waals surface area contributed by atoms with Crippen LogP contribution in [0.25, 0.3) is 0 Å². The summed E-state index contributed by atoms with van der Waals surface area (Å²) in [6.07, 6.45) is 1.46. The van der Waals surface area contributed by atoms with Crippen LogP contribution in [0.4, 0.5) is 11.5 Å². The number of nitrogens with two attached hydrogens (primary N) is 1. The zero-order valence-corrected chi connectivity index (χ0v) is 11.6. The van der Waals surface area contributed by atoms with Crippen LogP contribution in [0, 0.1) is 0 Å². The monoisotopic (exact) mass is 359 g/mol. The minimum atomic E-state index is -0.381. The van der Waals surface area contributed by atoms with E-state index in [1.807, 2.05) is 0 Å². The van der Waals surface area contributed by atoms with Crippen LogP contribution in [0.2, 0.25) is 0 Å². The second-order valence-corrected chi connectivity index (χ2v) is 4.79. The predicted molar refractivity (Wildman–Crippen MR) is 70.7 cm³/mol. The van der Waals surface area contributed by atoms with Crippen LogP contribution in [-0.4, -0.2) is 10.9 Å². The Morgan fingerprint density at radius 2 is 2.18 bits per heavy atom. The van der Waals surface area contributed by atoms with Crippen molar-refractivity contribution in [3.8, 4) is 0 Å². The molecule has 0 saturated heterocycles. The van der Waals surface area contributed by atoms with Crippen molar-refractivity contribution in [3.63, 3.8) is 0 Å². The molecule has 7 heteroatoms. The van der Waals surface area contributed by atoms with Gasteiger partial charge in [-0.3, -0.25) is 4.79 Å². The molecule has 0 aliphatic rings. The molecule has 0 atom stereocenters. The molecule has 2 aromatic rings. The molecular formula is C10H7Br2N3O2. The molecule has 2 aromatic heterocycles. The van der Waals surface area contributed by atoms with E-state index in [0.717, 1.165) is 0 Å². The number of hydrogen-bond acceptors (Lipinski definition) is 4.